The topological polar surface area (TPSA) is 52.3 Å². The number of hydrogen-bond donors (Lipinski definition) is 1. The maximum Gasteiger partial charge on any atom is 0.140 e. The van der Waals surface area contributed by atoms with Crippen LogP contribution in [0.2, 0.25) is 0 Å². The molecule has 1 aliphatic rings. The van der Waals surface area contributed by atoms with Gasteiger partial charge in [-0.05, 0) is 55.8 Å². The second-order valence-electron chi connectivity index (χ2n) is 5.45. The number of ether oxygens (including phenoxy) is 1. The van der Waals surface area contributed by atoms with Crippen LogP contribution in [0, 0.1) is 11.8 Å². The lowest BCUT2D eigenvalue weighted by Gasteiger charge is -2.26. The number of carbonyl (C=O) groups excluding carboxylic acids is 1. The summed E-state index contributed by atoms with van der Waals surface area (Å²) < 4.78 is 5.19. The molecule has 3 heteroatoms. The van der Waals surface area contributed by atoms with Gasteiger partial charge in [-0.2, -0.15) is 0 Å². The van der Waals surface area contributed by atoms with E-state index in [9.17, 15) is 4.79 Å². The van der Waals surface area contributed by atoms with Gasteiger partial charge in [0.05, 0.1) is 7.11 Å². The fourth-order valence-electron chi connectivity index (χ4n) is 2.85. The summed E-state index contributed by atoms with van der Waals surface area (Å²) in [7, 11) is 1.65. The molecule has 0 aliphatic heterocycles. The lowest BCUT2D eigenvalue weighted by Crippen LogP contribution is -2.26. The molecule has 0 saturated heterocycles. The minimum atomic E-state index is 0.231. The van der Waals surface area contributed by atoms with Crippen molar-refractivity contribution in [3.8, 4) is 5.75 Å². The Morgan fingerprint density at radius 1 is 1.32 bits per heavy atom. The Morgan fingerprint density at radius 2 is 2.05 bits per heavy atom. The number of carbonyl (C=O) groups is 1. The summed E-state index contributed by atoms with van der Waals surface area (Å²) >= 11 is 0. The third-order valence-electron chi connectivity index (χ3n) is 4.15. The fourth-order valence-corrected chi connectivity index (χ4v) is 2.85. The van der Waals surface area contributed by atoms with Crippen LogP contribution in [0.15, 0.2) is 24.3 Å². The van der Waals surface area contributed by atoms with Gasteiger partial charge in [-0.3, -0.25) is 4.79 Å². The lowest BCUT2D eigenvalue weighted by molar-refractivity contribution is -0.123. The van der Waals surface area contributed by atoms with Gasteiger partial charge in [0.1, 0.15) is 11.5 Å². The number of nitrogens with two attached hydrogens (primary N) is 1. The van der Waals surface area contributed by atoms with Gasteiger partial charge >= 0.3 is 0 Å². The first-order valence-corrected chi connectivity index (χ1v) is 7.08. The molecule has 1 aromatic carbocycles. The molecule has 0 atom stereocenters. The maximum atomic E-state index is 12.3. The Kier molecular flexibility index (Phi) is 4.97. The first-order chi connectivity index (χ1) is 9.22. The van der Waals surface area contributed by atoms with Crippen molar-refractivity contribution in [1.82, 2.24) is 0 Å². The molecular formula is C16H23NO2. The Balaban J connectivity index is 1.90. The molecule has 0 unspecified atom stereocenters. The highest BCUT2D eigenvalue weighted by Crippen LogP contribution is 2.29. The van der Waals surface area contributed by atoms with Gasteiger partial charge in [0.2, 0.25) is 0 Å². The van der Waals surface area contributed by atoms with E-state index in [0.717, 1.165) is 43.5 Å². The summed E-state index contributed by atoms with van der Waals surface area (Å²) in [6, 6.07) is 7.78. The van der Waals surface area contributed by atoms with Gasteiger partial charge in [0.15, 0.2) is 0 Å². The standard InChI is InChI=1S/C16H23NO2/c1-19-15-4-2-3-13(9-15)10-16(18)14-7-5-12(11-17)6-8-14/h2-4,9,12,14H,5-8,10-11,17H2,1H3. The van der Waals surface area contributed by atoms with Crippen LogP contribution in [0.5, 0.6) is 5.75 Å². The Morgan fingerprint density at radius 3 is 2.68 bits per heavy atom. The average Bonchev–Trinajstić information content (AvgIpc) is 2.47. The molecular weight excluding hydrogens is 238 g/mol. The van der Waals surface area contributed by atoms with Gasteiger partial charge < -0.3 is 10.5 Å². The van der Waals surface area contributed by atoms with E-state index < -0.39 is 0 Å². The number of rotatable bonds is 5. The summed E-state index contributed by atoms with van der Waals surface area (Å²) in [6.07, 6.45) is 4.74. The van der Waals surface area contributed by atoms with Crippen LogP contribution >= 0.6 is 0 Å². The van der Waals surface area contributed by atoms with E-state index >= 15 is 0 Å². The summed E-state index contributed by atoms with van der Waals surface area (Å²) in [5, 5.41) is 0. The molecule has 0 amide bonds. The third-order valence-corrected chi connectivity index (χ3v) is 4.15. The van der Waals surface area contributed by atoms with Crippen molar-refractivity contribution >= 4 is 5.78 Å². The van der Waals surface area contributed by atoms with Gasteiger partial charge in [-0.1, -0.05) is 12.1 Å². The van der Waals surface area contributed by atoms with Gasteiger partial charge in [-0.25, -0.2) is 0 Å². The zero-order valence-electron chi connectivity index (χ0n) is 11.6. The van der Waals surface area contributed by atoms with E-state index in [4.69, 9.17) is 10.5 Å². The van der Waals surface area contributed by atoms with Crippen molar-refractivity contribution in [3.05, 3.63) is 29.8 Å². The molecule has 0 aromatic heterocycles. The van der Waals surface area contributed by atoms with E-state index in [0.29, 0.717) is 18.1 Å². The molecule has 0 bridgehead atoms. The normalized spacial score (nSPS) is 23.1. The predicted molar refractivity (Wildman–Crippen MR) is 76.2 cm³/mol. The monoisotopic (exact) mass is 261 g/mol. The molecule has 1 aromatic rings. The molecule has 0 heterocycles. The summed E-state index contributed by atoms with van der Waals surface area (Å²) in [6.45, 7) is 0.761. The molecule has 19 heavy (non-hydrogen) atoms. The van der Waals surface area contributed by atoms with Crippen LogP contribution in [0.25, 0.3) is 0 Å². The van der Waals surface area contributed by atoms with Crippen LogP contribution in [0.4, 0.5) is 0 Å². The molecule has 0 spiro atoms. The molecule has 1 fully saturated rings. The number of ketones is 1. The molecule has 1 aliphatic carbocycles. The third kappa shape index (κ3) is 3.80. The number of methoxy groups -OCH3 is 1. The molecule has 3 nitrogen and oxygen atoms in total. The Bertz CT molecular complexity index is 423. The highest BCUT2D eigenvalue weighted by atomic mass is 16.5. The van der Waals surface area contributed by atoms with E-state index in [2.05, 4.69) is 0 Å². The maximum absolute atomic E-state index is 12.3. The quantitative estimate of drug-likeness (QED) is 0.886. The van der Waals surface area contributed by atoms with E-state index in [-0.39, 0.29) is 5.92 Å². The number of hydrogen-bond acceptors (Lipinski definition) is 3. The SMILES string of the molecule is COc1cccc(CC(=O)C2CCC(CN)CC2)c1. The van der Waals surface area contributed by atoms with Crippen molar-refractivity contribution in [1.29, 1.82) is 0 Å². The van der Waals surface area contributed by atoms with Crippen molar-refractivity contribution in [3.63, 3.8) is 0 Å². The highest BCUT2D eigenvalue weighted by molar-refractivity contribution is 5.83. The average molecular weight is 261 g/mol. The van der Waals surface area contributed by atoms with Crippen LogP contribution in [-0.2, 0) is 11.2 Å². The fraction of sp³-hybridized carbons (Fsp3) is 0.562. The first kappa shape index (κ1) is 14.1. The number of Topliss-reactive ketones (excluding diaryl/α,β-unsaturated/α-hetero) is 1. The van der Waals surface area contributed by atoms with Crippen LogP contribution in [0.1, 0.15) is 31.2 Å². The van der Waals surface area contributed by atoms with E-state index in [1.807, 2.05) is 24.3 Å². The van der Waals surface area contributed by atoms with Crippen molar-refractivity contribution in [2.24, 2.45) is 17.6 Å². The smallest absolute Gasteiger partial charge is 0.140 e. The first-order valence-electron chi connectivity index (χ1n) is 7.08. The van der Waals surface area contributed by atoms with Crippen molar-refractivity contribution in [2.45, 2.75) is 32.1 Å². The van der Waals surface area contributed by atoms with E-state index in [1.54, 1.807) is 7.11 Å². The van der Waals surface area contributed by atoms with Crippen LogP contribution in [-0.4, -0.2) is 19.4 Å². The number of benzene rings is 1. The molecule has 0 radical (unpaired) electrons. The van der Waals surface area contributed by atoms with Gasteiger partial charge in [0.25, 0.3) is 0 Å². The van der Waals surface area contributed by atoms with Crippen molar-refractivity contribution in [2.75, 3.05) is 13.7 Å². The summed E-state index contributed by atoms with van der Waals surface area (Å²) in [4.78, 5) is 12.3. The summed E-state index contributed by atoms with van der Waals surface area (Å²) in [5.41, 5.74) is 6.73. The molecule has 2 N–H and O–H groups in total. The minimum absolute atomic E-state index is 0.231. The van der Waals surface area contributed by atoms with Gasteiger partial charge in [-0.15, -0.1) is 0 Å². The predicted octanol–water partition coefficient (Wildman–Crippen LogP) is 2.57. The molecule has 1 saturated carbocycles. The lowest BCUT2D eigenvalue weighted by atomic mass is 9.79. The zero-order chi connectivity index (χ0) is 13.7. The summed E-state index contributed by atoms with van der Waals surface area (Å²) in [5.74, 6) is 2.04. The highest BCUT2D eigenvalue weighted by Gasteiger charge is 2.25. The molecule has 2 rings (SSSR count). The van der Waals surface area contributed by atoms with Crippen LogP contribution < -0.4 is 10.5 Å². The van der Waals surface area contributed by atoms with Crippen molar-refractivity contribution < 1.29 is 9.53 Å². The largest absolute Gasteiger partial charge is 0.497 e. The van der Waals surface area contributed by atoms with E-state index in [1.165, 1.54) is 0 Å². The van der Waals surface area contributed by atoms with Gasteiger partial charge in [0, 0.05) is 12.3 Å². The minimum Gasteiger partial charge on any atom is -0.497 e. The second kappa shape index (κ2) is 6.71. The Labute approximate surface area is 115 Å². The molecule has 104 valence electrons. The zero-order valence-corrected chi connectivity index (χ0v) is 11.6. The second-order valence-corrected chi connectivity index (χ2v) is 5.45. The van der Waals surface area contributed by atoms with Crippen LogP contribution in [0.3, 0.4) is 0 Å². The Hall–Kier alpha value is -1.35.